The zero-order chi connectivity index (χ0) is 31.4. The van der Waals surface area contributed by atoms with E-state index in [0.717, 1.165) is 66.6 Å². The van der Waals surface area contributed by atoms with Gasteiger partial charge in [-0.05, 0) is 121 Å². The maximum absolute atomic E-state index is 11.2. The number of nitrogens with zero attached hydrogens (tertiary/aromatic N) is 2. The van der Waals surface area contributed by atoms with Gasteiger partial charge >= 0.3 is 0 Å². The molecule has 4 aromatic carbocycles. The van der Waals surface area contributed by atoms with Crippen LogP contribution in [0.5, 0.6) is 40.2 Å². The summed E-state index contributed by atoms with van der Waals surface area (Å²) in [6.45, 7) is 1.90. The number of hydrogen-bond acceptors (Lipinski definition) is 8. The van der Waals surface area contributed by atoms with Crippen molar-refractivity contribution >= 4 is 0 Å². The molecule has 0 radical (unpaired) electrons. The standard InChI is InChI=1S/C37H40N2O6/c1-38-12-10-22-16-32(42-3)30(40)19-26(22)28(38)14-21-6-8-25(9-7-21)45-33-18-24-15-29-35-23(11-13-39(29)2)17-34(43-4)37(44-5)36(35)27(24)20-31(33)41/h6-9,16-20,28-29,40-41H,10-15H2,1-5H3/t28-,29+/m0/s1. The first-order valence-electron chi connectivity index (χ1n) is 15.5. The molecule has 2 heterocycles. The summed E-state index contributed by atoms with van der Waals surface area (Å²) in [5.41, 5.74) is 9.09. The maximum atomic E-state index is 11.2. The predicted molar refractivity (Wildman–Crippen MR) is 173 cm³/mol. The molecule has 7 rings (SSSR count). The van der Waals surface area contributed by atoms with Crippen LogP contribution in [0.25, 0.3) is 11.1 Å². The minimum absolute atomic E-state index is 0.0785. The zero-order valence-corrected chi connectivity index (χ0v) is 26.5. The lowest BCUT2D eigenvalue weighted by molar-refractivity contribution is 0.226. The second kappa shape index (κ2) is 11.5. The molecule has 8 heteroatoms. The molecule has 4 aromatic rings. The van der Waals surface area contributed by atoms with E-state index >= 15 is 0 Å². The highest BCUT2D eigenvalue weighted by Crippen LogP contribution is 2.54. The van der Waals surface area contributed by atoms with Crippen molar-refractivity contribution in [1.29, 1.82) is 0 Å². The molecule has 3 aliphatic rings. The van der Waals surface area contributed by atoms with E-state index < -0.39 is 0 Å². The number of hydrogen-bond donors (Lipinski definition) is 2. The third-order valence-corrected chi connectivity index (χ3v) is 9.91. The molecule has 0 saturated heterocycles. The second-order valence-corrected chi connectivity index (χ2v) is 12.4. The Kier molecular flexibility index (Phi) is 7.50. The van der Waals surface area contributed by atoms with Crippen molar-refractivity contribution in [1.82, 2.24) is 9.80 Å². The highest BCUT2D eigenvalue weighted by Gasteiger charge is 2.37. The van der Waals surface area contributed by atoms with Crippen LogP contribution in [0, 0.1) is 0 Å². The smallest absolute Gasteiger partial charge is 0.169 e. The van der Waals surface area contributed by atoms with Gasteiger partial charge in [0.1, 0.15) is 5.75 Å². The lowest BCUT2D eigenvalue weighted by Crippen LogP contribution is -2.35. The lowest BCUT2D eigenvalue weighted by atomic mass is 9.76. The fourth-order valence-electron chi connectivity index (χ4n) is 7.47. The first-order valence-corrected chi connectivity index (χ1v) is 15.5. The first-order chi connectivity index (χ1) is 21.8. The van der Waals surface area contributed by atoms with Gasteiger partial charge in [-0.1, -0.05) is 12.1 Å². The van der Waals surface area contributed by atoms with E-state index in [-0.39, 0.29) is 23.6 Å². The average molecular weight is 609 g/mol. The van der Waals surface area contributed by atoms with Crippen LogP contribution in [0.15, 0.2) is 54.6 Å². The van der Waals surface area contributed by atoms with Crippen LogP contribution in [0.4, 0.5) is 0 Å². The number of ether oxygens (including phenoxy) is 4. The van der Waals surface area contributed by atoms with Gasteiger partial charge in [0.05, 0.1) is 21.3 Å². The van der Waals surface area contributed by atoms with Crippen LogP contribution in [-0.2, 0) is 25.7 Å². The van der Waals surface area contributed by atoms with E-state index in [0.29, 0.717) is 28.7 Å². The number of likely N-dealkylation sites (N-methyl/N-ethyl adjacent to an activating group) is 2. The third kappa shape index (κ3) is 5.02. The Hall–Kier alpha value is -4.40. The summed E-state index contributed by atoms with van der Waals surface area (Å²) >= 11 is 0. The molecule has 1 aliphatic carbocycles. The molecule has 0 spiro atoms. The highest BCUT2D eigenvalue weighted by atomic mass is 16.5. The number of fused-ring (bicyclic) bond motifs is 3. The van der Waals surface area contributed by atoms with Gasteiger partial charge in [0.15, 0.2) is 34.5 Å². The van der Waals surface area contributed by atoms with Crippen LogP contribution in [-0.4, -0.2) is 68.5 Å². The summed E-state index contributed by atoms with van der Waals surface area (Å²) in [4.78, 5) is 4.73. The molecule has 0 bridgehead atoms. The van der Waals surface area contributed by atoms with Gasteiger partial charge in [0, 0.05) is 30.7 Å². The Balaban J connectivity index is 1.16. The van der Waals surface area contributed by atoms with Crippen molar-refractivity contribution in [2.45, 2.75) is 37.8 Å². The minimum Gasteiger partial charge on any atom is -0.504 e. The first kappa shape index (κ1) is 29.3. The molecule has 0 aromatic heterocycles. The summed E-state index contributed by atoms with van der Waals surface area (Å²) in [5.74, 6) is 3.25. The highest BCUT2D eigenvalue weighted by molar-refractivity contribution is 5.85. The van der Waals surface area contributed by atoms with Crippen LogP contribution >= 0.6 is 0 Å². The van der Waals surface area contributed by atoms with Gasteiger partial charge in [-0.15, -0.1) is 0 Å². The van der Waals surface area contributed by atoms with Crippen LogP contribution < -0.4 is 18.9 Å². The fraction of sp³-hybridized carbons (Fsp3) is 0.351. The van der Waals surface area contributed by atoms with Crippen LogP contribution in [0.1, 0.15) is 45.5 Å². The second-order valence-electron chi connectivity index (χ2n) is 12.4. The number of methoxy groups -OCH3 is 3. The Labute approximate surface area is 264 Å². The SMILES string of the molecule is COc1cc2c(cc1O)[C@H](Cc1ccc(Oc3cc4c(cc3O)-c3c(OC)c(OC)cc5c3[C@@H](C4)N(C)CC5)cc1)N(C)CC2. The third-order valence-electron chi connectivity index (χ3n) is 9.91. The van der Waals surface area contributed by atoms with Crippen molar-refractivity contribution in [3.05, 3.63) is 88.0 Å². The van der Waals surface area contributed by atoms with Crippen molar-refractivity contribution in [2.75, 3.05) is 48.5 Å². The van der Waals surface area contributed by atoms with E-state index in [1.807, 2.05) is 36.4 Å². The summed E-state index contributed by atoms with van der Waals surface area (Å²) in [7, 11) is 9.21. The molecule has 0 unspecified atom stereocenters. The molecule has 0 fully saturated rings. The van der Waals surface area contributed by atoms with E-state index in [4.69, 9.17) is 18.9 Å². The molecular weight excluding hydrogens is 568 g/mol. The molecule has 2 aliphatic heterocycles. The van der Waals surface area contributed by atoms with E-state index in [1.165, 1.54) is 16.7 Å². The summed E-state index contributed by atoms with van der Waals surface area (Å²) < 4.78 is 23.3. The number of aromatic hydroxyl groups is 2. The van der Waals surface area contributed by atoms with Gasteiger partial charge in [0.2, 0.25) is 0 Å². The molecule has 234 valence electrons. The number of phenols is 2. The zero-order valence-electron chi connectivity index (χ0n) is 26.5. The average Bonchev–Trinajstić information content (AvgIpc) is 3.04. The monoisotopic (exact) mass is 608 g/mol. The molecular formula is C37H40N2O6. The topological polar surface area (TPSA) is 83.9 Å². The molecule has 2 N–H and O–H groups in total. The Morgan fingerprint density at radius 3 is 2.13 bits per heavy atom. The van der Waals surface area contributed by atoms with Crippen molar-refractivity contribution in [3.63, 3.8) is 0 Å². The number of phenolic OH excluding ortho intramolecular Hbond substituents is 2. The van der Waals surface area contributed by atoms with Crippen molar-refractivity contribution in [3.8, 4) is 51.4 Å². The fourth-order valence-corrected chi connectivity index (χ4v) is 7.47. The van der Waals surface area contributed by atoms with E-state index in [9.17, 15) is 10.2 Å². The summed E-state index contributed by atoms with van der Waals surface area (Å²) in [6, 6.07) is 18.1. The van der Waals surface area contributed by atoms with Gasteiger partial charge in [-0.2, -0.15) is 0 Å². The molecule has 45 heavy (non-hydrogen) atoms. The van der Waals surface area contributed by atoms with Crippen LogP contribution in [0.2, 0.25) is 0 Å². The normalized spacial score (nSPS) is 18.9. The van der Waals surface area contributed by atoms with Crippen molar-refractivity contribution in [2.24, 2.45) is 0 Å². The van der Waals surface area contributed by atoms with Gasteiger partial charge in [0.25, 0.3) is 0 Å². The Morgan fingerprint density at radius 1 is 0.733 bits per heavy atom. The Bertz CT molecular complexity index is 1770. The molecule has 0 saturated carbocycles. The summed E-state index contributed by atoms with van der Waals surface area (Å²) in [5, 5.41) is 21.7. The van der Waals surface area contributed by atoms with E-state index in [1.54, 1.807) is 21.3 Å². The van der Waals surface area contributed by atoms with Gasteiger partial charge in [-0.3, -0.25) is 9.80 Å². The van der Waals surface area contributed by atoms with E-state index in [2.05, 4.69) is 42.1 Å². The predicted octanol–water partition coefficient (Wildman–Crippen LogP) is 6.44. The molecule has 0 amide bonds. The quantitative estimate of drug-likeness (QED) is 0.248. The summed E-state index contributed by atoms with van der Waals surface area (Å²) in [6.07, 6.45) is 3.46. The number of rotatable bonds is 7. The molecule has 8 nitrogen and oxygen atoms in total. The Morgan fingerprint density at radius 2 is 1.40 bits per heavy atom. The minimum atomic E-state index is 0.0785. The van der Waals surface area contributed by atoms with Crippen molar-refractivity contribution < 1.29 is 29.2 Å². The van der Waals surface area contributed by atoms with Crippen LogP contribution in [0.3, 0.4) is 0 Å². The number of benzene rings is 4. The lowest BCUT2D eigenvalue weighted by Gasteiger charge is -2.40. The van der Waals surface area contributed by atoms with Gasteiger partial charge in [-0.25, -0.2) is 0 Å². The maximum Gasteiger partial charge on any atom is 0.169 e. The van der Waals surface area contributed by atoms with Gasteiger partial charge < -0.3 is 29.2 Å². The molecule has 2 atom stereocenters. The largest absolute Gasteiger partial charge is 0.504 e.